The third-order valence-electron chi connectivity index (χ3n) is 4.84. The van der Waals surface area contributed by atoms with Crippen LogP contribution in [0, 0.1) is 5.92 Å². The van der Waals surface area contributed by atoms with E-state index in [1.807, 2.05) is 58.0 Å². The van der Waals surface area contributed by atoms with Gasteiger partial charge >= 0.3 is 5.97 Å². The van der Waals surface area contributed by atoms with Crippen molar-refractivity contribution in [2.24, 2.45) is 5.92 Å². The molecule has 0 saturated heterocycles. The van der Waals surface area contributed by atoms with E-state index in [-0.39, 0.29) is 18.0 Å². The normalized spacial score (nSPS) is 12.3. The van der Waals surface area contributed by atoms with Crippen molar-refractivity contribution < 1.29 is 19.0 Å². The SMILES string of the molecule is COc1cc(OC)cc(N(c2csc3ccccc23)C(C(=O)OC(C)C)C(C)C)c1. The maximum absolute atomic E-state index is 13.2. The monoisotopic (exact) mass is 427 g/mol. The van der Waals surface area contributed by atoms with Crippen LogP contribution in [-0.2, 0) is 9.53 Å². The van der Waals surface area contributed by atoms with Crippen molar-refractivity contribution in [2.45, 2.75) is 39.8 Å². The molecule has 160 valence electrons. The number of esters is 1. The second kappa shape index (κ2) is 9.39. The number of methoxy groups -OCH3 is 2. The number of rotatable bonds is 8. The zero-order valence-corrected chi connectivity index (χ0v) is 19.2. The summed E-state index contributed by atoms with van der Waals surface area (Å²) in [6, 6.07) is 13.4. The Morgan fingerprint density at radius 2 is 1.60 bits per heavy atom. The van der Waals surface area contributed by atoms with Crippen molar-refractivity contribution >= 4 is 38.8 Å². The molecule has 5 nitrogen and oxygen atoms in total. The Labute approximate surface area is 182 Å². The summed E-state index contributed by atoms with van der Waals surface area (Å²) in [7, 11) is 3.24. The van der Waals surface area contributed by atoms with Gasteiger partial charge in [0, 0.05) is 39.4 Å². The molecular weight excluding hydrogens is 398 g/mol. The van der Waals surface area contributed by atoms with E-state index in [4.69, 9.17) is 14.2 Å². The molecule has 0 saturated carbocycles. The predicted molar refractivity (Wildman–Crippen MR) is 123 cm³/mol. The molecule has 0 N–H and O–H groups in total. The molecule has 1 aromatic heterocycles. The van der Waals surface area contributed by atoms with Crippen LogP contribution in [0.15, 0.2) is 47.8 Å². The van der Waals surface area contributed by atoms with Crippen molar-refractivity contribution in [1.82, 2.24) is 0 Å². The number of hydrogen-bond acceptors (Lipinski definition) is 6. The van der Waals surface area contributed by atoms with Gasteiger partial charge in [-0.05, 0) is 25.8 Å². The van der Waals surface area contributed by atoms with Crippen LogP contribution in [0.2, 0.25) is 0 Å². The number of hydrogen-bond donors (Lipinski definition) is 0. The lowest BCUT2D eigenvalue weighted by Gasteiger charge is -2.35. The Hall–Kier alpha value is -2.73. The third-order valence-corrected chi connectivity index (χ3v) is 5.79. The Balaban J connectivity index is 2.24. The first-order valence-electron chi connectivity index (χ1n) is 10.0. The first-order chi connectivity index (χ1) is 14.3. The van der Waals surface area contributed by atoms with E-state index >= 15 is 0 Å². The van der Waals surface area contributed by atoms with E-state index in [9.17, 15) is 4.79 Å². The summed E-state index contributed by atoms with van der Waals surface area (Å²) in [5.41, 5.74) is 1.78. The van der Waals surface area contributed by atoms with Crippen LogP contribution in [0.4, 0.5) is 11.4 Å². The second-order valence-corrected chi connectivity index (χ2v) is 8.64. The quantitative estimate of drug-likeness (QED) is 0.411. The molecule has 0 bridgehead atoms. The lowest BCUT2D eigenvalue weighted by molar-refractivity contribution is -0.149. The highest BCUT2D eigenvalue weighted by atomic mass is 32.1. The Morgan fingerprint density at radius 3 is 2.17 bits per heavy atom. The van der Waals surface area contributed by atoms with Crippen molar-refractivity contribution in [3.63, 3.8) is 0 Å². The highest BCUT2D eigenvalue weighted by molar-refractivity contribution is 7.17. The smallest absolute Gasteiger partial charge is 0.329 e. The molecule has 1 heterocycles. The highest BCUT2D eigenvalue weighted by Gasteiger charge is 2.34. The van der Waals surface area contributed by atoms with Gasteiger partial charge in [0.05, 0.1) is 26.0 Å². The van der Waals surface area contributed by atoms with Gasteiger partial charge in [-0.15, -0.1) is 11.3 Å². The fraction of sp³-hybridized carbons (Fsp3) is 0.375. The summed E-state index contributed by atoms with van der Waals surface area (Å²) in [6.45, 7) is 7.80. The first-order valence-corrected chi connectivity index (χ1v) is 10.9. The zero-order chi connectivity index (χ0) is 21.8. The van der Waals surface area contributed by atoms with Crippen molar-refractivity contribution in [3.05, 3.63) is 47.8 Å². The number of nitrogens with zero attached hydrogens (tertiary/aromatic N) is 1. The molecule has 3 rings (SSSR count). The Bertz CT molecular complexity index is 989. The van der Waals surface area contributed by atoms with E-state index < -0.39 is 6.04 Å². The second-order valence-electron chi connectivity index (χ2n) is 7.73. The number of carbonyl (C=O) groups is 1. The van der Waals surface area contributed by atoms with Crippen LogP contribution in [0.1, 0.15) is 27.7 Å². The molecule has 1 atom stereocenters. The van der Waals surface area contributed by atoms with Crippen LogP contribution in [0.3, 0.4) is 0 Å². The van der Waals surface area contributed by atoms with Gasteiger partial charge in [0.15, 0.2) is 0 Å². The summed E-state index contributed by atoms with van der Waals surface area (Å²) >= 11 is 1.66. The molecule has 1 unspecified atom stereocenters. The Morgan fingerprint density at radius 1 is 0.967 bits per heavy atom. The van der Waals surface area contributed by atoms with E-state index in [0.29, 0.717) is 11.5 Å². The molecule has 0 fully saturated rings. The summed E-state index contributed by atoms with van der Waals surface area (Å²) in [5.74, 6) is 1.08. The minimum Gasteiger partial charge on any atom is -0.497 e. The van der Waals surface area contributed by atoms with Gasteiger partial charge in [-0.1, -0.05) is 32.0 Å². The lowest BCUT2D eigenvalue weighted by Crippen LogP contribution is -2.44. The fourth-order valence-corrected chi connectivity index (χ4v) is 4.44. The van der Waals surface area contributed by atoms with Crippen LogP contribution in [-0.4, -0.2) is 32.3 Å². The van der Waals surface area contributed by atoms with Crippen LogP contribution < -0.4 is 14.4 Å². The summed E-state index contributed by atoms with van der Waals surface area (Å²) < 4.78 is 17.8. The number of fused-ring (bicyclic) bond motifs is 1. The number of carbonyl (C=O) groups excluding carboxylic acids is 1. The molecule has 0 aliphatic rings. The molecular formula is C24H29NO4S. The first kappa shape index (κ1) is 22.0. The van der Waals surface area contributed by atoms with Gasteiger partial charge in [-0.25, -0.2) is 4.79 Å². The maximum atomic E-state index is 13.2. The topological polar surface area (TPSA) is 48.0 Å². The predicted octanol–water partition coefficient (Wildman–Crippen LogP) is 6.03. The van der Waals surface area contributed by atoms with Crippen molar-refractivity contribution in [2.75, 3.05) is 19.1 Å². The maximum Gasteiger partial charge on any atom is 0.329 e. The minimum atomic E-state index is -0.512. The van der Waals surface area contributed by atoms with E-state index in [0.717, 1.165) is 21.5 Å². The standard InChI is InChI=1S/C24H29NO4S/c1-15(2)23(24(26)29-16(3)4)25(17-11-18(27-5)13-19(12-17)28-6)21-14-30-22-10-8-7-9-20(21)22/h7-16,23H,1-6H3. The van der Waals surface area contributed by atoms with Crippen LogP contribution in [0.25, 0.3) is 10.1 Å². The largest absolute Gasteiger partial charge is 0.497 e. The molecule has 6 heteroatoms. The number of thiophene rings is 1. The molecule has 0 amide bonds. The van der Waals surface area contributed by atoms with Gasteiger partial charge in [0.2, 0.25) is 0 Å². The van der Waals surface area contributed by atoms with Gasteiger partial charge < -0.3 is 19.1 Å². The molecule has 0 aliphatic heterocycles. The van der Waals surface area contributed by atoms with E-state index in [1.54, 1.807) is 25.6 Å². The zero-order valence-electron chi connectivity index (χ0n) is 18.3. The van der Waals surface area contributed by atoms with Crippen molar-refractivity contribution in [1.29, 1.82) is 0 Å². The van der Waals surface area contributed by atoms with Crippen molar-refractivity contribution in [3.8, 4) is 11.5 Å². The fourth-order valence-electron chi connectivity index (χ4n) is 3.51. The summed E-state index contributed by atoms with van der Waals surface area (Å²) in [5, 5.41) is 3.18. The summed E-state index contributed by atoms with van der Waals surface area (Å²) in [4.78, 5) is 15.3. The van der Waals surface area contributed by atoms with Gasteiger partial charge in [-0.3, -0.25) is 0 Å². The van der Waals surface area contributed by atoms with Crippen LogP contribution in [0.5, 0.6) is 11.5 Å². The van der Waals surface area contributed by atoms with Crippen LogP contribution >= 0.6 is 11.3 Å². The van der Waals surface area contributed by atoms with Gasteiger partial charge in [0.1, 0.15) is 17.5 Å². The van der Waals surface area contributed by atoms with E-state index in [1.165, 1.54) is 0 Å². The lowest BCUT2D eigenvalue weighted by atomic mass is 10.00. The molecule has 0 aliphatic carbocycles. The van der Waals surface area contributed by atoms with E-state index in [2.05, 4.69) is 22.4 Å². The molecule has 3 aromatic rings. The summed E-state index contributed by atoms with van der Waals surface area (Å²) in [6.07, 6.45) is -0.195. The number of benzene rings is 2. The number of ether oxygens (including phenoxy) is 3. The highest BCUT2D eigenvalue weighted by Crippen LogP contribution is 2.42. The minimum absolute atomic E-state index is 0.00658. The molecule has 2 aromatic carbocycles. The third kappa shape index (κ3) is 4.54. The Kier molecular flexibility index (Phi) is 6.87. The molecule has 0 radical (unpaired) electrons. The van der Waals surface area contributed by atoms with Gasteiger partial charge in [-0.2, -0.15) is 0 Å². The molecule has 30 heavy (non-hydrogen) atoms. The average Bonchev–Trinajstić information content (AvgIpc) is 3.14. The number of anilines is 2. The molecule has 0 spiro atoms. The van der Waals surface area contributed by atoms with Gasteiger partial charge in [0.25, 0.3) is 0 Å². The average molecular weight is 428 g/mol.